The maximum absolute atomic E-state index is 9.88. The smallest absolute Gasteiger partial charge is 0.227 e. The number of aromatic nitrogens is 2. The van der Waals surface area contributed by atoms with E-state index in [2.05, 4.69) is 29.7 Å². The Labute approximate surface area is 167 Å². The highest BCUT2D eigenvalue weighted by molar-refractivity contribution is 5.90. The van der Waals surface area contributed by atoms with E-state index in [1.807, 2.05) is 18.2 Å². The van der Waals surface area contributed by atoms with E-state index in [4.69, 9.17) is 9.97 Å². The lowest BCUT2D eigenvalue weighted by Gasteiger charge is -2.41. The van der Waals surface area contributed by atoms with Crippen molar-refractivity contribution in [2.24, 2.45) is 10.8 Å². The third-order valence-corrected chi connectivity index (χ3v) is 6.48. The van der Waals surface area contributed by atoms with Crippen LogP contribution in [0.5, 0.6) is 0 Å². The molecule has 0 saturated carbocycles. The first-order valence-electron chi connectivity index (χ1n) is 10.4. The van der Waals surface area contributed by atoms with Crippen molar-refractivity contribution in [3.05, 3.63) is 24.3 Å². The molecular formula is C22H32N4O2. The lowest BCUT2D eigenvalue weighted by Crippen LogP contribution is -2.45. The van der Waals surface area contributed by atoms with E-state index in [1.54, 1.807) is 0 Å². The number of aliphatic hydroxyl groups excluding tert-OH is 2. The van der Waals surface area contributed by atoms with Gasteiger partial charge in [-0.25, -0.2) is 4.98 Å². The highest BCUT2D eigenvalue weighted by Crippen LogP contribution is 2.36. The molecule has 2 N–H and O–H groups in total. The van der Waals surface area contributed by atoms with Gasteiger partial charge in [0.25, 0.3) is 0 Å². The van der Waals surface area contributed by atoms with Gasteiger partial charge >= 0.3 is 0 Å². The van der Waals surface area contributed by atoms with Gasteiger partial charge in [0.2, 0.25) is 5.95 Å². The van der Waals surface area contributed by atoms with Crippen molar-refractivity contribution in [1.82, 2.24) is 9.97 Å². The van der Waals surface area contributed by atoms with Gasteiger partial charge in [0.15, 0.2) is 0 Å². The van der Waals surface area contributed by atoms with Crippen LogP contribution in [-0.4, -0.2) is 59.6 Å². The van der Waals surface area contributed by atoms with E-state index in [0.29, 0.717) is 0 Å². The number of rotatable bonds is 4. The molecule has 6 heteroatoms. The molecule has 3 heterocycles. The zero-order valence-corrected chi connectivity index (χ0v) is 17.1. The summed E-state index contributed by atoms with van der Waals surface area (Å²) in [5.41, 5.74) is 0.758. The topological polar surface area (TPSA) is 72.7 Å². The lowest BCUT2D eigenvalue weighted by atomic mass is 9.82. The van der Waals surface area contributed by atoms with Gasteiger partial charge in [-0.2, -0.15) is 4.98 Å². The van der Waals surface area contributed by atoms with E-state index < -0.39 is 0 Å². The van der Waals surface area contributed by atoms with E-state index in [-0.39, 0.29) is 24.0 Å². The predicted octanol–water partition coefficient (Wildman–Crippen LogP) is 2.83. The molecular weight excluding hydrogens is 352 g/mol. The zero-order chi connectivity index (χ0) is 19.8. The second kappa shape index (κ2) is 7.48. The molecule has 6 nitrogen and oxygen atoms in total. The fourth-order valence-electron chi connectivity index (χ4n) is 4.67. The molecule has 28 heavy (non-hydrogen) atoms. The standard InChI is InChI=1S/C22H32N4O2/c1-21(15-27)9-5-11-25(13-21)19-17-7-3-4-8-18(17)23-20(24-19)26-12-6-10-22(2,14-26)16-28/h3-4,7-8,27-28H,5-6,9-16H2,1-2H3/t21-,22+/m1/s1. The highest BCUT2D eigenvalue weighted by Gasteiger charge is 2.34. The molecule has 2 aliphatic rings. The summed E-state index contributed by atoms with van der Waals surface area (Å²) in [6, 6.07) is 8.19. The SMILES string of the molecule is C[C@]1(CO)CCCN(c2nc(N3CCC[C@@](C)(CO)C3)c3ccccc3n2)C1. The molecule has 2 aromatic rings. The summed E-state index contributed by atoms with van der Waals surface area (Å²) in [6.45, 7) is 8.12. The maximum atomic E-state index is 9.88. The molecule has 1 aromatic heterocycles. The van der Waals surface area contributed by atoms with Gasteiger partial charge in [0, 0.05) is 42.4 Å². The first kappa shape index (κ1) is 19.4. The third-order valence-electron chi connectivity index (χ3n) is 6.48. The van der Waals surface area contributed by atoms with Crippen molar-refractivity contribution in [2.75, 3.05) is 49.2 Å². The summed E-state index contributed by atoms with van der Waals surface area (Å²) in [7, 11) is 0. The Bertz CT molecular complexity index is 844. The second-order valence-corrected chi connectivity index (χ2v) is 9.35. The fraction of sp³-hybridized carbons (Fsp3) is 0.636. The van der Waals surface area contributed by atoms with Crippen molar-refractivity contribution in [3.8, 4) is 0 Å². The summed E-state index contributed by atoms with van der Waals surface area (Å²) >= 11 is 0. The molecule has 4 rings (SSSR count). The van der Waals surface area contributed by atoms with Crippen molar-refractivity contribution in [3.63, 3.8) is 0 Å². The minimum absolute atomic E-state index is 0.0922. The number of hydrogen-bond donors (Lipinski definition) is 2. The Morgan fingerprint density at radius 2 is 1.50 bits per heavy atom. The monoisotopic (exact) mass is 384 g/mol. The largest absolute Gasteiger partial charge is 0.396 e. The van der Waals surface area contributed by atoms with Crippen LogP contribution in [0.25, 0.3) is 10.9 Å². The normalized spacial score (nSPS) is 28.7. The summed E-state index contributed by atoms with van der Waals surface area (Å²) in [6.07, 6.45) is 4.16. The van der Waals surface area contributed by atoms with Gasteiger partial charge in [-0.3, -0.25) is 0 Å². The number of para-hydroxylation sites is 1. The van der Waals surface area contributed by atoms with Crippen LogP contribution >= 0.6 is 0 Å². The number of anilines is 2. The van der Waals surface area contributed by atoms with Crippen molar-refractivity contribution >= 4 is 22.7 Å². The molecule has 2 aliphatic heterocycles. The lowest BCUT2D eigenvalue weighted by molar-refractivity contribution is 0.122. The molecule has 1 aromatic carbocycles. The number of fused-ring (bicyclic) bond motifs is 1. The molecule has 0 unspecified atom stereocenters. The van der Waals surface area contributed by atoms with Crippen LogP contribution in [0.15, 0.2) is 24.3 Å². The quantitative estimate of drug-likeness (QED) is 0.845. The van der Waals surface area contributed by atoms with E-state index in [9.17, 15) is 10.2 Å². The number of piperidine rings is 2. The molecule has 0 amide bonds. The molecule has 2 saturated heterocycles. The average Bonchev–Trinajstić information content (AvgIpc) is 2.73. The van der Waals surface area contributed by atoms with Crippen molar-refractivity contribution < 1.29 is 10.2 Å². The Morgan fingerprint density at radius 1 is 0.893 bits per heavy atom. The molecule has 152 valence electrons. The van der Waals surface area contributed by atoms with Gasteiger partial charge in [-0.05, 0) is 37.8 Å². The van der Waals surface area contributed by atoms with Crippen molar-refractivity contribution in [1.29, 1.82) is 0 Å². The minimum atomic E-state index is -0.103. The molecule has 0 bridgehead atoms. The minimum Gasteiger partial charge on any atom is -0.396 e. The van der Waals surface area contributed by atoms with Crippen LogP contribution < -0.4 is 9.80 Å². The number of hydrogen-bond acceptors (Lipinski definition) is 6. The third kappa shape index (κ3) is 3.67. The van der Waals surface area contributed by atoms with Crippen LogP contribution in [0.3, 0.4) is 0 Å². The summed E-state index contributed by atoms with van der Waals surface area (Å²) in [5.74, 6) is 1.72. The Kier molecular flexibility index (Phi) is 5.19. The van der Waals surface area contributed by atoms with Gasteiger partial charge in [-0.1, -0.05) is 26.0 Å². The van der Waals surface area contributed by atoms with Gasteiger partial charge < -0.3 is 20.0 Å². The zero-order valence-electron chi connectivity index (χ0n) is 17.1. The van der Waals surface area contributed by atoms with E-state index in [0.717, 1.165) is 74.5 Å². The first-order valence-corrected chi connectivity index (χ1v) is 10.4. The molecule has 2 atom stereocenters. The Hall–Kier alpha value is -1.92. The van der Waals surface area contributed by atoms with Crippen LogP contribution in [-0.2, 0) is 0 Å². The van der Waals surface area contributed by atoms with Gasteiger partial charge in [0.05, 0.1) is 18.7 Å². The maximum Gasteiger partial charge on any atom is 0.227 e. The van der Waals surface area contributed by atoms with Crippen LogP contribution in [0, 0.1) is 10.8 Å². The van der Waals surface area contributed by atoms with E-state index >= 15 is 0 Å². The molecule has 0 aliphatic carbocycles. The van der Waals surface area contributed by atoms with Crippen LogP contribution in [0.2, 0.25) is 0 Å². The molecule has 0 radical (unpaired) electrons. The van der Waals surface area contributed by atoms with Crippen LogP contribution in [0.4, 0.5) is 11.8 Å². The second-order valence-electron chi connectivity index (χ2n) is 9.35. The van der Waals surface area contributed by atoms with Crippen LogP contribution in [0.1, 0.15) is 39.5 Å². The van der Waals surface area contributed by atoms with Gasteiger partial charge in [0.1, 0.15) is 5.82 Å². The molecule has 2 fully saturated rings. The predicted molar refractivity (Wildman–Crippen MR) is 113 cm³/mol. The van der Waals surface area contributed by atoms with Crippen molar-refractivity contribution in [2.45, 2.75) is 39.5 Å². The number of nitrogens with zero attached hydrogens (tertiary/aromatic N) is 4. The van der Waals surface area contributed by atoms with E-state index in [1.165, 1.54) is 0 Å². The number of aliphatic hydroxyl groups is 2. The fourth-order valence-corrected chi connectivity index (χ4v) is 4.67. The highest BCUT2D eigenvalue weighted by atomic mass is 16.3. The Morgan fingerprint density at radius 3 is 2.18 bits per heavy atom. The first-order chi connectivity index (χ1) is 13.5. The summed E-state index contributed by atoms with van der Waals surface area (Å²) in [5, 5.41) is 20.8. The number of benzene rings is 1. The summed E-state index contributed by atoms with van der Waals surface area (Å²) < 4.78 is 0. The molecule has 0 spiro atoms. The van der Waals surface area contributed by atoms with Gasteiger partial charge in [-0.15, -0.1) is 0 Å². The summed E-state index contributed by atoms with van der Waals surface area (Å²) in [4.78, 5) is 14.4. The average molecular weight is 385 g/mol. The Balaban J connectivity index is 1.74.